The number of benzene rings is 1. The van der Waals surface area contributed by atoms with Gasteiger partial charge in [-0.15, -0.1) is 0 Å². The molecule has 0 bridgehead atoms. The Kier molecular flexibility index (Phi) is 7.60. The van der Waals surface area contributed by atoms with Crippen LogP contribution in [0.3, 0.4) is 0 Å². The van der Waals surface area contributed by atoms with Crippen molar-refractivity contribution in [2.45, 2.75) is 26.7 Å². The third-order valence-corrected chi connectivity index (χ3v) is 4.09. The van der Waals surface area contributed by atoms with E-state index in [0.29, 0.717) is 18.2 Å². The molecule has 1 aromatic carbocycles. The van der Waals surface area contributed by atoms with Crippen LogP contribution in [0, 0.1) is 5.92 Å². The molecular weight excluding hydrogens is 256 g/mol. The van der Waals surface area contributed by atoms with Gasteiger partial charge < -0.3 is 11.1 Å². The van der Waals surface area contributed by atoms with E-state index in [1.54, 1.807) is 11.8 Å². The van der Waals surface area contributed by atoms with Crippen molar-refractivity contribution in [1.29, 1.82) is 0 Å². The lowest BCUT2D eigenvalue weighted by molar-refractivity contribution is -0.113. The van der Waals surface area contributed by atoms with Crippen molar-refractivity contribution in [1.82, 2.24) is 0 Å². The molecule has 19 heavy (non-hydrogen) atoms. The Labute approximate surface area is 120 Å². The lowest BCUT2D eigenvalue weighted by Crippen LogP contribution is -2.17. The lowest BCUT2D eigenvalue weighted by atomic mass is 10.1. The Morgan fingerprint density at radius 1 is 1.37 bits per heavy atom. The minimum absolute atomic E-state index is 0.0532. The highest BCUT2D eigenvalue weighted by Gasteiger charge is 2.05. The maximum Gasteiger partial charge on any atom is 0.234 e. The number of carbonyl (C=O) groups is 1. The number of hydrogen-bond acceptors (Lipinski definition) is 3. The molecule has 106 valence electrons. The van der Waals surface area contributed by atoms with Crippen LogP contribution in [0.1, 0.15) is 25.8 Å². The molecule has 4 heteroatoms. The van der Waals surface area contributed by atoms with Gasteiger partial charge in [0.2, 0.25) is 5.91 Å². The van der Waals surface area contributed by atoms with Gasteiger partial charge in [0.15, 0.2) is 0 Å². The number of aryl methyl sites for hydroxylation is 1. The second kappa shape index (κ2) is 8.99. The van der Waals surface area contributed by atoms with Gasteiger partial charge in [-0.05, 0) is 42.3 Å². The first kappa shape index (κ1) is 16.1. The minimum Gasteiger partial charge on any atom is -0.330 e. The van der Waals surface area contributed by atoms with Crippen LogP contribution in [-0.4, -0.2) is 24.0 Å². The summed E-state index contributed by atoms with van der Waals surface area (Å²) < 4.78 is 0. The number of carbonyl (C=O) groups excluding carboxylic acids is 1. The number of nitrogens with one attached hydrogen (secondary N) is 1. The van der Waals surface area contributed by atoms with E-state index in [1.807, 2.05) is 12.1 Å². The Morgan fingerprint density at radius 2 is 2.05 bits per heavy atom. The molecule has 0 radical (unpaired) electrons. The molecule has 0 fully saturated rings. The standard InChI is InChI=1S/C15H24N2OS/c1-3-4-13-5-7-14(8-6-13)17-15(18)11-19-10-12(2)9-16/h5-8,12H,3-4,9-11,16H2,1-2H3,(H,17,18). The first-order valence-corrected chi connectivity index (χ1v) is 7.97. The second-order valence-corrected chi connectivity index (χ2v) is 5.88. The molecule has 1 aromatic rings. The van der Waals surface area contributed by atoms with Gasteiger partial charge in [-0.1, -0.05) is 32.4 Å². The Hall–Kier alpha value is -1.00. The Morgan fingerprint density at radius 3 is 2.63 bits per heavy atom. The van der Waals surface area contributed by atoms with Gasteiger partial charge in [-0.3, -0.25) is 4.79 Å². The van der Waals surface area contributed by atoms with E-state index in [-0.39, 0.29) is 5.91 Å². The Bertz CT molecular complexity index is 378. The summed E-state index contributed by atoms with van der Waals surface area (Å²) in [6.45, 7) is 4.93. The van der Waals surface area contributed by atoms with E-state index in [9.17, 15) is 4.79 Å². The van der Waals surface area contributed by atoms with Gasteiger partial charge >= 0.3 is 0 Å². The molecule has 0 saturated heterocycles. The minimum atomic E-state index is 0.0532. The lowest BCUT2D eigenvalue weighted by Gasteiger charge is -2.08. The topological polar surface area (TPSA) is 55.1 Å². The average Bonchev–Trinajstić information content (AvgIpc) is 2.41. The number of thioether (sulfide) groups is 1. The summed E-state index contributed by atoms with van der Waals surface area (Å²) in [7, 11) is 0. The molecule has 0 aliphatic carbocycles. The quantitative estimate of drug-likeness (QED) is 0.770. The van der Waals surface area contributed by atoms with Gasteiger partial charge in [0.1, 0.15) is 0 Å². The highest BCUT2D eigenvalue weighted by atomic mass is 32.2. The van der Waals surface area contributed by atoms with Gasteiger partial charge in [0.25, 0.3) is 0 Å². The zero-order valence-electron chi connectivity index (χ0n) is 11.8. The Balaban J connectivity index is 2.31. The molecule has 0 saturated carbocycles. The van der Waals surface area contributed by atoms with E-state index in [1.165, 1.54) is 5.56 Å². The van der Waals surface area contributed by atoms with E-state index in [4.69, 9.17) is 5.73 Å². The molecule has 1 amide bonds. The molecule has 0 spiro atoms. The summed E-state index contributed by atoms with van der Waals surface area (Å²) in [4.78, 5) is 11.7. The van der Waals surface area contributed by atoms with Crippen LogP contribution in [0.15, 0.2) is 24.3 Å². The fraction of sp³-hybridized carbons (Fsp3) is 0.533. The van der Waals surface area contributed by atoms with Crippen molar-refractivity contribution in [3.63, 3.8) is 0 Å². The molecule has 1 atom stereocenters. The fourth-order valence-electron chi connectivity index (χ4n) is 1.66. The molecule has 0 aliphatic heterocycles. The van der Waals surface area contributed by atoms with Crippen molar-refractivity contribution >= 4 is 23.4 Å². The molecular formula is C15H24N2OS. The molecule has 0 aromatic heterocycles. The maximum absolute atomic E-state index is 11.7. The van der Waals surface area contributed by atoms with Gasteiger partial charge in [-0.25, -0.2) is 0 Å². The second-order valence-electron chi connectivity index (χ2n) is 4.85. The molecule has 3 N–H and O–H groups in total. The normalized spacial score (nSPS) is 12.2. The van der Waals surface area contributed by atoms with Crippen molar-refractivity contribution < 1.29 is 4.79 Å². The van der Waals surface area contributed by atoms with Crippen LogP contribution in [0.5, 0.6) is 0 Å². The zero-order valence-corrected chi connectivity index (χ0v) is 12.6. The SMILES string of the molecule is CCCc1ccc(NC(=O)CSCC(C)CN)cc1. The van der Waals surface area contributed by atoms with Gasteiger partial charge in [0, 0.05) is 5.69 Å². The highest BCUT2D eigenvalue weighted by Crippen LogP contribution is 2.12. The van der Waals surface area contributed by atoms with Crippen LogP contribution in [0.4, 0.5) is 5.69 Å². The molecule has 0 aliphatic rings. The largest absolute Gasteiger partial charge is 0.330 e. The average molecular weight is 280 g/mol. The first-order valence-electron chi connectivity index (χ1n) is 6.82. The smallest absolute Gasteiger partial charge is 0.234 e. The summed E-state index contributed by atoms with van der Waals surface area (Å²) in [5, 5.41) is 2.91. The molecule has 3 nitrogen and oxygen atoms in total. The van der Waals surface area contributed by atoms with E-state index >= 15 is 0 Å². The van der Waals surface area contributed by atoms with E-state index in [0.717, 1.165) is 24.3 Å². The third kappa shape index (κ3) is 6.64. The number of hydrogen-bond donors (Lipinski definition) is 2. The van der Waals surface area contributed by atoms with Crippen molar-refractivity contribution in [2.75, 3.05) is 23.4 Å². The van der Waals surface area contributed by atoms with Crippen LogP contribution in [0.25, 0.3) is 0 Å². The number of nitrogens with two attached hydrogens (primary N) is 1. The van der Waals surface area contributed by atoms with Crippen LogP contribution in [0.2, 0.25) is 0 Å². The number of rotatable bonds is 8. The predicted octanol–water partition coefficient (Wildman–Crippen LogP) is 2.91. The third-order valence-electron chi connectivity index (χ3n) is 2.81. The van der Waals surface area contributed by atoms with Crippen LogP contribution < -0.4 is 11.1 Å². The van der Waals surface area contributed by atoms with Crippen molar-refractivity contribution in [2.24, 2.45) is 11.7 Å². The van der Waals surface area contributed by atoms with E-state index in [2.05, 4.69) is 31.3 Å². The van der Waals surface area contributed by atoms with Crippen LogP contribution >= 0.6 is 11.8 Å². The van der Waals surface area contributed by atoms with Gasteiger partial charge in [0.05, 0.1) is 5.75 Å². The summed E-state index contributed by atoms with van der Waals surface area (Å²) >= 11 is 1.63. The molecule has 0 heterocycles. The maximum atomic E-state index is 11.7. The summed E-state index contributed by atoms with van der Waals surface area (Å²) in [5.41, 5.74) is 7.72. The summed E-state index contributed by atoms with van der Waals surface area (Å²) in [6.07, 6.45) is 2.22. The molecule has 1 rings (SSSR count). The highest BCUT2D eigenvalue weighted by molar-refractivity contribution is 7.99. The number of anilines is 1. The van der Waals surface area contributed by atoms with Gasteiger partial charge in [-0.2, -0.15) is 11.8 Å². The summed E-state index contributed by atoms with van der Waals surface area (Å²) in [6, 6.07) is 8.08. The zero-order chi connectivity index (χ0) is 14.1. The summed E-state index contributed by atoms with van der Waals surface area (Å²) in [5.74, 6) is 1.93. The van der Waals surface area contributed by atoms with E-state index < -0.39 is 0 Å². The van der Waals surface area contributed by atoms with Crippen molar-refractivity contribution in [3.8, 4) is 0 Å². The monoisotopic (exact) mass is 280 g/mol. The first-order chi connectivity index (χ1) is 9.15. The number of amides is 1. The predicted molar refractivity (Wildman–Crippen MR) is 84.6 cm³/mol. The fourth-order valence-corrected chi connectivity index (χ4v) is 2.58. The van der Waals surface area contributed by atoms with Crippen molar-refractivity contribution in [3.05, 3.63) is 29.8 Å². The van der Waals surface area contributed by atoms with Crippen LogP contribution in [-0.2, 0) is 11.2 Å². The molecule has 1 unspecified atom stereocenters.